The maximum Gasteiger partial charge on any atom is 0.325 e. The van der Waals surface area contributed by atoms with Gasteiger partial charge in [-0.1, -0.05) is 18.7 Å². The van der Waals surface area contributed by atoms with Gasteiger partial charge in [-0.3, -0.25) is 14.5 Å². The molecule has 2 rings (SSSR count). The lowest BCUT2D eigenvalue weighted by atomic mass is 9.92. The number of ether oxygens (including phenoxy) is 2. The van der Waals surface area contributed by atoms with Crippen LogP contribution in [0.5, 0.6) is 5.75 Å². The normalized spacial score (nSPS) is 19.0. The Balaban J connectivity index is 2.06. The zero-order valence-electron chi connectivity index (χ0n) is 15.8. The fourth-order valence-electron chi connectivity index (χ4n) is 2.62. The minimum absolute atomic E-state index is 0.307. The summed E-state index contributed by atoms with van der Waals surface area (Å²) in [4.78, 5) is 37.9. The summed E-state index contributed by atoms with van der Waals surface area (Å²) in [7, 11) is 1.52. The molecule has 4 amide bonds. The topological polar surface area (TPSA) is 97.0 Å². The molecular formula is C19H25N3O5. The molecule has 0 spiro atoms. The van der Waals surface area contributed by atoms with Gasteiger partial charge in [0.2, 0.25) is 5.91 Å². The molecule has 1 aromatic rings. The van der Waals surface area contributed by atoms with Gasteiger partial charge in [-0.2, -0.15) is 0 Å². The van der Waals surface area contributed by atoms with Crippen molar-refractivity contribution >= 4 is 17.8 Å². The molecule has 1 unspecified atom stereocenters. The van der Waals surface area contributed by atoms with Crippen LogP contribution in [-0.2, 0) is 19.9 Å². The first-order chi connectivity index (χ1) is 12.8. The first-order valence-electron chi connectivity index (χ1n) is 8.55. The molecule has 27 heavy (non-hydrogen) atoms. The molecule has 1 fully saturated rings. The van der Waals surface area contributed by atoms with E-state index in [0.29, 0.717) is 31.1 Å². The van der Waals surface area contributed by atoms with Crippen LogP contribution < -0.4 is 15.4 Å². The van der Waals surface area contributed by atoms with Gasteiger partial charge < -0.3 is 20.1 Å². The predicted molar refractivity (Wildman–Crippen MR) is 99.2 cm³/mol. The second-order valence-corrected chi connectivity index (χ2v) is 6.56. The minimum Gasteiger partial charge on any atom is -0.489 e. The van der Waals surface area contributed by atoms with Crippen molar-refractivity contribution in [3.05, 3.63) is 42.0 Å². The smallest absolute Gasteiger partial charge is 0.325 e. The van der Waals surface area contributed by atoms with E-state index in [9.17, 15) is 14.4 Å². The number of methoxy groups -OCH3 is 1. The highest BCUT2D eigenvalue weighted by atomic mass is 16.5. The quantitative estimate of drug-likeness (QED) is 0.384. The molecule has 1 saturated heterocycles. The number of amides is 4. The number of carbonyl (C=O) groups excluding carboxylic acids is 3. The number of hydrogen-bond donors (Lipinski definition) is 2. The minimum atomic E-state index is -1.24. The Morgan fingerprint density at radius 1 is 1.30 bits per heavy atom. The summed E-state index contributed by atoms with van der Waals surface area (Å²) in [5.74, 6) is -0.273. The van der Waals surface area contributed by atoms with Gasteiger partial charge in [0.15, 0.2) is 0 Å². The average molecular weight is 375 g/mol. The van der Waals surface area contributed by atoms with Gasteiger partial charge in [-0.15, -0.1) is 0 Å². The van der Waals surface area contributed by atoms with Crippen molar-refractivity contribution in [2.45, 2.75) is 19.4 Å². The fourth-order valence-corrected chi connectivity index (χ4v) is 2.62. The molecule has 8 nitrogen and oxygen atoms in total. The van der Waals surface area contributed by atoms with E-state index < -0.39 is 23.4 Å². The predicted octanol–water partition coefficient (Wildman–Crippen LogP) is 1.17. The molecule has 1 aliphatic rings. The van der Waals surface area contributed by atoms with Crippen LogP contribution in [0.15, 0.2) is 36.4 Å². The second-order valence-electron chi connectivity index (χ2n) is 6.56. The Bertz CT molecular complexity index is 731. The third-order valence-electron chi connectivity index (χ3n) is 4.12. The van der Waals surface area contributed by atoms with Crippen molar-refractivity contribution in [3.63, 3.8) is 0 Å². The van der Waals surface area contributed by atoms with Gasteiger partial charge in [0.05, 0.1) is 6.61 Å². The van der Waals surface area contributed by atoms with E-state index in [1.54, 1.807) is 31.2 Å². The summed E-state index contributed by atoms with van der Waals surface area (Å²) >= 11 is 0. The van der Waals surface area contributed by atoms with E-state index in [2.05, 4.69) is 17.2 Å². The summed E-state index contributed by atoms with van der Waals surface area (Å²) in [5.41, 5.74) is 0.256. The molecule has 1 atom stereocenters. The first kappa shape index (κ1) is 20.4. The third-order valence-corrected chi connectivity index (χ3v) is 4.12. The molecule has 1 aromatic carbocycles. The molecular weight excluding hydrogens is 350 g/mol. The Morgan fingerprint density at radius 2 is 1.96 bits per heavy atom. The highest BCUT2D eigenvalue weighted by molar-refractivity contribution is 6.09. The number of rotatable bonds is 9. The van der Waals surface area contributed by atoms with Crippen LogP contribution in [0.4, 0.5) is 4.79 Å². The lowest BCUT2D eigenvalue weighted by Gasteiger charge is -2.22. The van der Waals surface area contributed by atoms with Crippen molar-refractivity contribution in [1.29, 1.82) is 0 Å². The van der Waals surface area contributed by atoms with Crippen LogP contribution in [0.3, 0.4) is 0 Å². The lowest BCUT2D eigenvalue weighted by molar-refractivity contribution is -0.134. The maximum absolute atomic E-state index is 12.8. The molecule has 8 heteroatoms. The van der Waals surface area contributed by atoms with E-state index >= 15 is 0 Å². The van der Waals surface area contributed by atoms with Gasteiger partial charge in [0, 0.05) is 13.7 Å². The summed E-state index contributed by atoms with van der Waals surface area (Å²) < 4.78 is 10.4. The van der Waals surface area contributed by atoms with Crippen LogP contribution in [-0.4, -0.2) is 56.2 Å². The van der Waals surface area contributed by atoms with E-state index in [4.69, 9.17) is 9.47 Å². The van der Waals surface area contributed by atoms with E-state index in [1.165, 1.54) is 7.11 Å². The van der Waals surface area contributed by atoms with Crippen LogP contribution in [0.2, 0.25) is 0 Å². The summed E-state index contributed by atoms with van der Waals surface area (Å²) in [6.45, 7) is 7.96. The molecule has 146 valence electrons. The zero-order valence-corrected chi connectivity index (χ0v) is 15.8. The number of nitrogens with zero attached hydrogens (tertiary/aromatic N) is 1. The molecule has 2 N–H and O–H groups in total. The molecule has 0 radical (unpaired) electrons. The summed E-state index contributed by atoms with van der Waals surface area (Å²) in [6, 6.07) is 6.28. The number of hydrogen-bond acceptors (Lipinski definition) is 5. The van der Waals surface area contributed by atoms with Crippen LogP contribution >= 0.6 is 0 Å². The highest BCUT2D eigenvalue weighted by Crippen LogP contribution is 2.30. The van der Waals surface area contributed by atoms with Gasteiger partial charge in [-0.25, -0.2) is 4.79 Å². The number of imide groups is 1. The van der Waals surface area contributed by atoms with Crippen LogP contribution in [0.25, 0.3) is 0 Å². The second kappa shape index (κ2) is 8.68. The molecule has 0 saturated carbocycles. The van der Waals surface area contributed by atoms with Gasteiger partial charge in [0.1, 0.15) is 24.4 Å². The Kier molecular flexibility index (Phi) is 6.57. The number of nitrogens with one attached hydrogen (secondary N) is 2. The third kappa shape index (κ3) is 4.85. The fraction of sp³-hybridized carbons (Fsp3) is 0.421. The van der Waals surface area contributed by atoms with Crippen molar-refractivity contribution in [1.82, 2.24) is 15.5 Å². The standard InChI is InChI=1S/C19H25N3O5/c1-13(2)12-27-15-7-5-14(6-8-15)19(3)17(24)22(18(25)21-19)11-16(23)20-9-10-26-4/h5-8H,1,9-12H2,2-4H3,(H,20,23)(H,21,25). The zero-order chi connectivity index (χ0) is 20.0. The van der Waals surface area contributed by atoms with Crippen LogP contribution in [0.1, 0.15) is 19.4 Å². The van der Waals surface area contributed by atoms with E-state index in [1.807, 2.05) is 6.92 Å². The van der Waals surface area contributed by atoms with E-state index in [-0.39, 0.29) is 6.54 Å². The molecule has 0 aromatic heterocycles. The van der Waals surface area contributed by atoms with Gasteiger partial charge >= 0.3 is 6.03 Å². The SMILES string of the molecule is C=C(C)COc1ccc(C2(C)NC(=O)N(CC(=O)NCCOC)C2=O)cc1. The van der Waals surface area contributed by atoms with Crippen molar-refractivity contribution in [3.8, 4) is 5.75 Å². The Morgan fingerprint density at radius 3 is 2.56 bits per heavy atom. The van der Waals surface area contributed by atoms with Crippen molar-refractivity contribution in [2.24, 2.45) is 0 Å². The van der Waals surface area contributed by atoms with Crippen molar-refractivity contribution in [2.75, 3.05) is 33.4 Å². The number of carbonyl (C=O) groups is 3. The van der Waals surface area contributed by atoms with Gasteiger partial charge in [-0.05, 0) is 37.1 Å². The first-order valence-corrected chi connectivity index (χ1v) is 8.55. The molecule has 0 bridgehead atoms. The molecule has 1 heterocycles. The number of benzene rings is 1. The van der Waals surface area contributed by atoms with Crippen molar-refractivity contribution < 1.29 is 23.9 Å². The highest BCUT2D eigenvalue weighted by Gasteiger charge is 2.49. The maximum atomic E-state index is 12.8. The van der Waals surface area contributed by atoms with E-state index in [0.717, 1.165) is 10.5 Å². The average Bonchev–Trinajstić information content (AvgIpc) is 2.84. The summed E-state index contributed by atoms with van der Waals surface area (Å²) in [6.07, 6.45) is 0. The lowest BCUT2D eigenvalue weighted by Crippen LogP contribution is -2.43. The van der Waals surface area contributed by atoms with Crippen LogP contribution in [0, 0.1) is 0 Å². The van der Waals surface area contributed by atoms with Gasteiger partial charge in [0.25, 0.3) is 5.91 Å². The monoisotopic (exact) mass is 375 g/mol. The largest absolute Gasteiger partial charge is 0.489 e. The number of urea groups is 1. The Hall–Kier alpha value is -2.87. The molecule has 1 aliphatic heterocycles. The summed E-state index contributed by atoms with van der Waals surface area (Å²) in [5, 5.41) is 5.25. The molecule has 0 aliphatic carbocycles. The Labute approximate surface area is 158 Å².